The maximum atomic E-state index is 5.75. The van der Waals surface area contributed by atoms with E-state index in [-0.39, 0.29) is 0 Å². The van der Waals surface area contributed by atoms with Gasteiger partial charge in [0.05, 0.1) is 0 Å². The van der Waals surface area contributed by atoms with Gasteiger partial charge in [0.2, 0.25) is 8.32 Å². The highest BCUT2D eigenvalue weighted by atomic mass is 28.4. The van der Waals surface area contributed by atoms with Gasteiger partial charge in [-0.3, -0.25) is 0 Å². The van der Waals surface area contributed by atoms with Gasteiger partial charge >= 0.3 is 0 Å². The third kappa shape index (κ3) is 2.86. The molecule has 2 heteroatoms. The van der Waals surface area contributed by atoms with E-state index in [2.05, 4.69) is 56.1 Å². The molecule has 2 aromatic carbocycles. The van der Waals surface area contributed by atoms with E-state index in [1.165, 1.54) is 10.8 Å². The molecule has 0 aliphatic rings. The molecule has 0 aliphatic heterocycles. The molecule has 19 heavy (non-hydrogen) atoms. The van der Waals surface area contributed by atoms with Crippen LogP contribution in [0.3, 0.4) is 0 Å². The highest BCUT2D eigenvalue weighted by Crippen LogP contribution is 2.22. The second kappa shape index (κ2) is 5.55. The molecule has 0 unspecified atom stereocenters. The van der Waals surface area contributed by atoms with Crippen molar-refractivity contribution in [3.05, 3.63) is 72.3 Å². The predicted molar refractivity (Wildman–Crippen MR) is 85.1 cm³/mol. The summed E-state index contributed by atoms with van der Waals surface area (Å²) in [5.74, 6) is 0. The molecule has 0 heterocycles. The van der Waals surface area contributed by atoms with E-state index < -0.39 is 8.32 Å². The molecule has 0 spiro atoms. The van der Waals surface area contributed by atoms with Crippen LogP contribution in [-0.4, -0.2) is 15.4 Å². The molecule has 0 N–H and O–H groups in total. The molecule has 0 fully saturated rings. The van der Waals surface area contributed by atoms with Crippen molar-refractivity contribution in [2.45, 2.75) is 13.1 Å². The normalized spacial score (nSPS) is 11.3. The van der Waals surface area contributed by atoms with E-state index >= 15 is 0 Å². The fourth-order valence-electron chi connectivity index (χ4n) is 2.18. The Kier molecular flexibility index (Phi) is 4.03. The van der Waals surface area contributed by atoms with Crippen LogP contribution in [0, 0.1) is 0 Å². The van der Waals surface area contributed by atoms with Crippen LogP contribution >= 0.6 is 0 Å². The Morgan fingerprint density at radius 3 is 2.16 bits per heavy atom. The van der Waals surface area contributed by atoms with E-state index in [4.69, 9.17) is 4.43 Å². The monoisotopic (exact) mass is 268 g/mol. The lowest BCUT2D eigenvalue weighted by atomic mass is 10.00. The van der Waals surface area contributed by atoms with Crippen molar-refractivity contribution in [3.63, 3.8) is 0 Å². The number of hydrogen-bond acceptors (Lipinski definition) is 1. The van der Waals surface area contributed by atoms with Gasteiger partial charge in [-0.25, -0.2) is 0 Å². The zero-order chi connectivity index (χ0) is 13.9. The summed E-state index contributed by atoms with van der Waals surface area (Å²) < 4.78 is 5.75. The zero-order valence-electron chi connectivity index (χ0n) is 11.8. The van der Waals surface area contributed by atoms with E-state index in [1.54, 1.807) is 7.11 Å². The van der Waals surface area contributed by atoms with Crippen LogP contribution < -0.4 is 5.19 Å². The third-order valence-electron chi connectivity index (χ3n) is 3.53. The minimum absolute atomic E-state index is 1.06. The van der Waals surface area contributed by atoms with Crippen LogP contribution in [-0.2, 0) is 4.43 Å². The maximum Gasteiger partial charge on any atom is 0.218 e. The lowest BCUT2D eigenvalue weighted by molar-refractivity contribution is 0.416. The van der Waals surface area contributed by atoms with Crippen molar-refractivity contribution >= 4 is 19.1 Å². The van der Waals surface area contributed by atoms with E-state index in [0.29, 0.717) is 0 Å². The highest BCUT2D eigenvalue weighted by Gasteiger charge is 2.27. The lowest BCUT2D eigenvalue weighted by Crippen LogP contribution is -2.45. The standard InChI is InChI=1S/C17H20OSi/c1-14(15-10-6-5-7-11-15)16-12-8-9-13-17(16)19(3,4)18-2/h5-13H,1H2,2-4H3. The van der Waals surface area contributed by atoms with Gasteiger partial charge in [0.25, 0.3) is 0 Å². The predicted octanol–water partition coefficient (Wildman–Crippen LogP) is 3.81. The Balaban J connectivity index is 2.49. The molecule has 2 aromatic rings. The van der Waals surface area contributed by atoms with Crippen molar-refractivity contribution in [1.82, 2.24) is 0 Å². The molecular weight excluding hydrogens is 248 g/mol. The summed E-state index contributed by atoms with van der Waals surface area (Å²) in [4.78, 5) is 0. The van der Waals surface area contributed by atoms with E-state index in [9.17, 15) is 0 Å². The smallest absolute Gasteiger partial charge is 0.218 e. The van der Waals surface area contributed by atoms with Crippen LogP contribution in [0.5, 0.6) is 0 Å². The molecule has 0 saturated heterocycles. The second-order valence-corrected chi connectivity index (χ2v) is 9.07. The van der Waals surface area contributed by atoms with Crippen molar-refractivity contribution in [1.29, 1.82) is 0 Å². The third-order valence-corrected chi connectivity index (χ3v) is 6.29. The fourth-order valence-corrected chi connectivity index (χ4v) is 3.78. The second-order valence-electron chi connectivity index (χ2n) is 5.10. The average Bonchev–Trinajstić information content (AvgIpc) is 2.47. The molecule has 0 bridgehead atoms. The lowest BCUT2D eigenvalue weighted by Gasteiger charge is -2.24. The van der Waals surface area contributed by atoms with Gasteiger partial charge in [0.15, 0.2) is 0 Å². The topological polar surface area (TPSA) is 9.23 Å². The SMILES string of the molecule is C=C(c1ccccc1)c1ccccc1[Si](C)(C)OC. The van der Waals surface area contributed by atoms with Gasteiger partial charge in [-0.05, 0) is 35.0 Å². The Bertz CT molecular complexity index is 573. The molecule has 0 radical (unpaired) electrons. The molecule has 1 nitrogen and oxygen atoms in total. The quantitative estimate of drug-likeness (QED) is 0.766. The molecule has 0 aromatic heterocycles. The van der Waals surface area contributed by atoms with Crippen LogP contribution in [0.25, 0.3) is 5.57 Å². The summed E-state index contributed by atoms with van der Waals surface area (Å²) in [6, 6.07) is 18.7. The Hall–Kier alpha value is -1.64. The first kappa shape index (κ1) is 13.8. The van der Waals surface area contributed by atoms with Gasteiger partial charge in [0, 0.05) is 7.11 Å². The average molecular weight is 268 g/mol. The molecule has 0 amide bonds. The summed E-state index contributed by atoms with van der Waals surface area (Å²) in [6.07, 6.45) is 0. The van der Waals surface area contributed by atoms with E-state index in [1.807, 2.05) is 18.2 Å². The van der Waals surface area contributed by atoms with Gasteiger partial charge < -0.3 is 4.43 Å². The number of hydrogen-bond donors (Lipinski definition) is 0. The highest BCUT2D eigenvalue weighted by molar-refractivity contribution is 6.85. The van der Waals surface area contributed by atoms with Crippen molar-refractivity contribution in [3.8, 4) is 0 Å². The maximum absolute atomic E-state index is 5.75. The van der Waals surface area contributed by atoms with Gasteiger partial charge in [-0.1, -0.05) is 61.2 Å². The van der Waals surface area contributed by atoms with Crippen LogP contribution in [0.2, 0.25) is 13.1 Å². The van der Waals surface area contributed by atoms with Gasteiger partial charge in [-0.2, -0.15) is 0 Å². The van der Waals surface area contributed by atoms with Crippen LogP contribution in [0.1, 0.15) is 11.1 Å². The van der Waals surface area contributed by atoms with E-state index in [0.717, 1.165) is 11.1 Å². The first-order valence-electron chi connectivity index (χ1n) is 6.45. The summed E-state index contributed by atoms with van der Waals surface area (Å²) in [6.45, 7) is 8.70. The minimum Gasteiger partial charge on any atom is -0.416 e. The minimum atomic E-state index is -1.85. The summed E-state index contributed by atoms with van der Waals surface area (Å²) >= 11 is 0. The Labute approximate surface area is 116 Å². The summed E-state index contributed by atoms with van der Waals surface area (Å²) in [5.41, 5.74) is 3.43. The number of rotatable bonds is 4. The van der Waals surface area contributed by atoms with Gasteiger partial charge in [-0.15, -0.1) is 0 Å². The fraction of sp³-hybridized carbons (Fsp3) is 0.176. The van der Waals surface area contributed by atoms with Crippen molar-refractivity contribution < 1.29 is 4.43 Å². The Morgan fingerprint density at radius 2 is 1.53 bits per heavy atom. The zero-order valence-corrected chi connectivity index (χ0v) is 12.8. The molecule has 98 valence electrons. The summed E-state index contributed by atoms with van der Waals surface area (Å²) in [5, 5.41) is 1.30. The summed E-state index contributed by atoms with van der Waals surface area (Å²) in [7, 11) is -0.0546. The Morgan fingerprint density at radius 1 is 0.947 bits per heavy atom. The molecule has 0 atom stereocenters. The number of benzene rings is 2. The van der Waals surface area contributed by atoms with Crippen molar-refractivity contribution in [2.75, 3.05) is 7.11 Å². The first-order chi connectivity index (χ1) is 9.06. The largest absolute Gasteiger partial charge is 0.416 e. The first-order valence-corrected chi connectivity index (χ1v) is 9.36. The molecule has 2 rings (SSSR count). The van der Waals surface area contributed by atoms with Gasteiger partial charge in [0.1, 0.15) is 0 Å². The van der Waals surface area contributed by atoms with Crippen LogP contribution in [0.15, 0.2) is 61.2 Å². The van der Waals surface area contributed by atoms with Crippen LogP contribution in [0.4, 0.5) is 0 Å². The molecule has 0 saturated carbocycles. The van der Waals surface area contributed by atoms with Crippen molar-refractivity contribution in [2.24, 2.45) is 0 Å². The molecular formula is C17H20OSi. The molecule has 0 aliphatic carbocycles.